The molecule has 0 saturated heterocycles. The molecule has 0 aromatic rings. The Balaban J connectivity index is 4.28. The standard InChI is InChI=1S/C10H20O2/c1-6-7(2)8(11)9(12)10(3,4)5/h6-9,11-12H,1H2,2-5H3/t7-,8-,9+/m0/s1. The molecule has 0 aromatic carbocycles. The van der Waals surface area contributed by atoms with Crippen LogP contribution in [0, 0.1) is 11.3 Å². The summed E-state index contributed by atoms with van der Waals surface area (Å²) in [5.41, 5.74) is -0.281. The van der Waals surface area contributed by atoms with Gasteiger partial charge < -0.3 is 10.2 Å². The number of aliphatic hydroxyl groups excluding tert-OH is 2. The summed E-state index contributed by atoms with van der Waals surface area (Å²) in [4.78, 5) is 0. The molecule has 2 N–H and O–H groups in total. The lowest BCUT2D eigenvalue weighted by Crippen LogP contribution is -2.40. The number of hydrogen-bond donors (Lipinski definition) is 2. The Morgan fingerprint density at radius 2 is 1.67 bits per heavy atom. The molecule has 0 aliphatic heterocycles. The lowest BCUT2D eigenvalue weighted by atomic mass is 9.82. The first kappa shape index (κ1) is 11.7. The zero-order valence-corrected chi connectivity index (χ0v) is 8.41. The van der Waals surface area contributed by atoms with Gasteiger partial charge in [-0.05, 0) is 5.41 Å². The van der Waals surface area contributed by atoms with Crippen LogP contribution in [0.4, 0.5) is 0 Å². The zero-order chi connectivity index (χ0) is 9.94. The van der Waals surface area contributed by atoms with E-state index in [2.05, 4.69) is 6.58 Å². The van der Waals surface area contributed by atoms with Crippen LogP contribution in [-0.4, -0.2) is 22.4 Å². The molecule has 3 atom stereocenters. The van der Waals surface area contributed by atoms with Crippen molar-refractivity contribution >= 4 is 0 Å². The summed E-state index contributed by atoms with van der Waals surface area (Å²) in [5, 5.41) is 19.3. The van der Waals surface area contributed by atoms with Crippen molar-refractivity contribution in [3.8, 4) is 0 Å². The summed E-state index contributed by atoms with van der Waals surface area (Å²) in [7, 11) is 0. The minimum absolute atomic E-state index is 0.0702. The number of rotatable bonds is 3. The Labute approximate surface area is 74.9 Å². The molecule has 72 valence electrons. The summed E-state index contributed by atoms with van der Waals surface area (Å²) < 4.78 is 0. The predicted octanol–water partition coefficient (Wildman–Crippen LogP) is 1.58. The molecular formula is C10H20O2. The number of hydrogen-bond acceptors (Lipinski definition) is 2. The molecule has 0 aliphatic rings. The average Bonchev–Trinajstić information content (AvgIpc) is 1.98. The molecule has 12 heavy (non-hydrogen) atoms. The Morgan fingerprint density at radius 3 is 1.92 bits per heavy atom. The van der Waals surface area contributed by atoms with Gasteiger partial charge in [-0.2, -0.15) is 0 Å². The van der Waals surface area contributed by atoms with Crippen LogP contribution in [0.5, 0.6) is 0 Å². The molecule has 0 spiro atoms. The van der Waals surface area contributed by atoms with E-state index in [1.807, 2.05) is 27.7 Å². The molecule has 0 radical (unpaired) electrons. The zero-order valence-electron chi connectivity index (χ0n) is 8.41. The fourth-order valence-corrected chi connectivity index (χ4v) is 0.939. The van der Waals surface area contributed by atoms with Gasteiger partial charge >= 0.3 is 0 Å². The van der Waals surface area contributed by atoms with Crippen molar-refractivity contribution in [3.63, 3.8) is 0 Å². The van der Waals surface area contributed by atoms with E-state index in [1.165, 1.54) is 0 Å². The first-order valence-electron chi connectivity index (χ1n) is 4.29. The van der Waals surface area contributed by atoms with Crippen LogP contribution in [-0.2, 0) is 0 Å². The van der Waals surface area contributed by atoms with Crippen molar-refractivity contribution in [2.45, 2.75) is 39.9 Å². The predicted molar refractivity (Wildman–Crippen MR) is 50.8 cm³/mol. The van der Waals surface area contributed by atoms with E-state index < -0.39 is 12.2 Å². The second-order valence-electron chi connectivity index (χ2n) is 4.40. The van der Waals surface area contributed by atoms with Gasteiger partial charge in [0.2, 0.25) is 0 Å². The Morgan fingerprint density at radius 1 is 1.25 bits per heavy atom. The third-order valence-electron chi connectivity index (χ3n) is 2.12. The van der Waals surface area contributed by atoms with Crippen molar-refractivity contribution in [2.75, 3.05) is 0 Å². The van der Waals surface area contributed by atoms with Gasteiger partial charge in [0.05, 0.1) is 12.2 Å². The highest BCUT2D eigenvalue weighted by Gasteiger charge is 2.31. The van der Waals surface area contributed by atoms with Gasteiger partial charge in [-0.1, -0.05) is 33.8 Å². The van der Waals surface area contributed by atoms with Gasteiger partial charge in [-0.15, -0.1) is 6.58 Å². The highest BCUT2D eigenvalue weighted by atomic mass is 16.3. The minimum atomic E-state index is -0.720. The van der Waals surface area contributed by atoms with E-state index >= 15 is 0 Å². The van der Waals surface area contributed by atoms with Crippen LogP contribution in [0.2, 0.25) is 0 Å². The summed E-state index contributed by atoms with van der Waals surface area (Å²) >= 11 is 0. The van der Waals surface area contributed by atoms with Crippen LogP contribution in [0.3, 0.4) is 0 Å². The maximum absolute atomic E-state index is 9.66. The van der Waals surface area contributed by atoms with Crippen LogP contribution in [0.1, 0.15) is 27.7 Å². The fourth-order valence-electron chi connectivity index (χ4n) is 0.939. The molecule has 0 unspecified atom stereocenters. The van der Waals surface area contributed by atoms with Crippen LogP contribution < -0.4 is 0 Å². The van der Waals surface area contributed by atoms with Gasteiger partial charge in [-0.3, -0.25) is 0 Å². The number of aliphatic hydroxyl groups is 2. The van der Waals surface area contributed by atoms with E-state index in [-0.39, 0.29) is 11.3 Å². The smallest absolute Gasteiger partial charge is 0.0863 e. The Bertz CT molecular complexity index is 146. The molecule has 2 heteroatoms. The van der Waals surface area contributed by atoms with Crippen molar-refractivity contribution in [2.24, 2.45) is 11.3 Å². The fraction of sp³-hybridized carbons (Fsp3) is 0.800. The molecule has 0 amide bonds. The summed E-state index contributed by atoms with van der Waals surface area (Å²) in [5.74, 6) is -0.0702. The molecule has 0 fully saturated rings. The maximum Gasteiger partial charge on any atom is 0.0863 e. The van der Waals surface area contributed by atoms with Crippen molar-refractivity contribution < 1.29 is 10.2 Å². The van der Waals surface area contributed by atoms with Crippen molar-refractivity contribution in [3.05, 3.63) is 12.7 Å². The highest BCUT2D eigenvalue weighted by molar-refractivity contribution is 4.89. The van der Waals surface area contributed by atoms with Crippen molar-refractivity contribution in [1.82, 2.24) is 0 Å². The van der Waals surface area contributed by atoms with Gasteiger partial charge in [-0.25, -0.2) is 0 Å². The van der Waals surface area contributed by atoms with Gasteiger partial charge in [0, 0.05) is 5.92 Å². The molecule has 0 saturated carbocycles. The third kappa shape index (κ3) is 2.95. The lowest BCUT2D eigenvalue weighted by molar-refractivity contribution is -0.0590. The normalized spacial score (nSPS) is 19.8. The summed E-state index contributed by atoms with van der Waals surface area (Å²) in [6, 6.07) is 0. The monoisotopic (exact) mass is 172 g/mol. The summed E-state index contributed by atoms with van der Waals surface area (Å²) in [6.07, 6.45) is 0.229. The second-order valence-corrected chi connectivity index (χ2v) is 4.40. The van der Waals surface area contributed by atoms with E-state index in [4.69, 9.17) is 0 Å². The SMILES string of the molecule is C=C[C@H](C)[C@H](O)[C@@H](O)C(C)(C)C. The Hall–Kier alpha value is -0.340. The molecule has 0 heterocycles. The first-order valence-corrected chi connectivity index (χ1v) is 4.29. The second kappa shape index (κ2) is 4.06. The van der Waals surface area contributed by atoms with Gasteiger partial charge in [0.1, 0.15) is 0 Å². The average molecular weight is 172 g/mol. The topological polar surface area (TPSA) is 40.5 Å². The molecular weight excluding hydrogens is 152 g/mol. The molecule has 0 rings (SSSR count). The van der Waals surface area contributed by atoms with Gasteiger partial charge in [0.25, 0.3) is 0 Å². The molecule has 2 nitrogen and oxygen atoms in total. The highest BCUT2D eigenvalue weighted by Crippen LogP contribution is 2.25. The molecule has 0 aliphatic carbocycles. The Kier molecular flexibility index (Phi) is 3.94. The minimum Gasteiger partial charge on any atom is -0.390 e. The lowest BCUT2D eigenvalue weighted by Gasteiger charge is -2.32. The van der Waals surface area contributed by atoms with E-state index in [9.17, 15) is 10.2 Å². The van der Waals surface area contributed by atoms with E-state index in [1.54, 1.807) is 6.08 Å². The maximum atomic E-state index is 9.66. The molecule has 0 bridgehead atoms. The van der Waals surface area contributed by atoms with E-state index in [0.717, 1.165) is 0 Å². The van der Waals surface area contributed by atoms with Crippen LogP contribution in [0.25, 0.3) is 0 Å². The van der Waals surface area contributed by atoms with Crippen molar-refractivity contribution in [1.29, 1.82) is 0 Å². The first-order chi connectivity index (χ1) is 5.30. The molecule has 0 aromatic heterocycles. The van der Waals surface area contributed by atoms with E-state index in [0.29, 0.717) is 0 Å². The van der Waals surface area contributed by atoms with Crippen LogP contribution >= 0.6 is 0 Å². The largest absolute Gasteiger partial charge is 0.390 e. The quantitative estimate of drug-likeness (QED) is 0.634. The third-order valence-corrected chi connectivity index (χ3v) is 2.12. The summed E-state index contributed by atoms with van der Waals surface area (Å²) in [6.45, 7) is 11.1. The van der Waals surface area contributed by atoms with Gasteiger partial charge in [0.15, 0.2) is 0 Å². The van der Waals surface area contributed by atoms with Crippen LogP contribution in [0.15, 0.2) is 12.7 Å².